The third kappa shape index (κ3) is 9.50. The zero-order valence-corrected chi connectivity index (χ0v) is 8.47. The number of sulfonamides is 1. The fourth-order valence-electron chi connectivity index (χ4n) is 0.655. The molecule has 0 aliphatic rings. The first-order chi connectivity index (χ1) is 6.83. The van der Waals surface area contributed by atoms with Gasteiger partial charge in [0.1, 0.15) is 6.61 Å². The Morgan fingerprint density at radius 3 is 2.53 bits per heavy atom. The maximum absolute atomic E-state index is 11.5. The molecule has 6 nitrogen and oxygen atoms in total. The van der Waals surface area contributed by atoms with Gasteiger partial charge in [0.15, 0.2) is 5.75 Å². The lowest BCUT2D eigenvalue weighted by Crippen LogP contribution is -2.32. The standard InChI is InChI=1S/C6H11F2NO5S/c7-5(8)3-14-2-1-9-15(12,13)4-6(10)11/h5,9H,1-4H2,(H,10,11). The third-order valence-corrected chi connectivity index (χ3v) is 2.40. The lowest BCUT2D eigenvalue weighted by atomic mass is 10.7. The van der Waals surface area contributed by atoms with Crippen molar-refractivity contribution in [1.29, 1.82) is 0 Å². The summed E-state index contributed by atoms with van der Waals surface area (Å²) in [6, 6.07) is 0. The highest BCUT2D eigenvalue weighted by atomic mass is 32.2. The Morgan fingerprint density at radius 1 is 1.47 bits per heavy atom. The van der Waals surface area contributed by atoms with Crippen LogP contribution in [0.3, 0.4) is 0 Å². The van der Waals surface area contributed by atoms with Crippen LogP contribution in [0.5, 0.6) is 0 Å². The van der Waals surface area contributed by atoms with Crippen LogP contribution >= 0.6 is 0 Å². The number of alkyl halides is 2. The first-order valence-corrected chi connectivity index (χ1v) is 5.54. The molecule has 9 heteroatoms. The highest BCUT2D eigenvalue weighted by Gasteiger charge is 2.14. The van der Waals surface area contributed by atoms with Crippen LogP contribution in [0.1, 0.15) is 0 Å². The Kier molecular flexibility index (Phi) is 6.29. The van der Waals surface area contributed by atoms with Crippen molar-refractivity contribution in [3.8, 4) is 0 Å². The molecule has 0 aromatic rings. The molecule has 0 saturated heterocycles. The third-order valence-electron chi connectivity index (χ3n) is 1.13. The molecule has 90 valence electrons. The van der Waals surface area contributed by atoms with Crippen molar-refractivity contribution >= 4 is 16.0 Å². The Balaban J connectivity index is 3.63. The van der Waals surface area contributed by atoms with Gasteiger partial charge in [0.25, 0.3) is 6.43 Å². The number of carboxylic acids is 1. The molecule has 0 saturated carbocycles. The summed E-state index contributed by atoms with van der Waals surface area (Å²) < 4.78 is 51.0. The quantitative estimate of drug-likeness (QED) is 0.552. The average molecular weight is 247 g/mol. The van der Waals surface area contributed by atoms with Gasteiger partial charge in [-0.3, -0.25) is 4.79 Å². The maximum atomic E-state index is 11.5. The van der Waals surface area contributed by atoms with E-state index < -0.39 is 34.8 Å². The molecule has 2 N–H and O–H groups in total. The van der Waals surface area contributed by atoms with E-state index >= 15 is 0 Å². The molecular formula is C6H11F2NO5S. The van der Waals surface area contributed by atoms with Crippen molar-refractivity contribution in [2.24, 2.45) is 0 Å². The van der Waals surface area contributed by atoms with Gasteiger partial charge in [0.2, 0.25) is 10.0 Å². The Bertz CT molecular complexity index is 292. The molecule has 0 radical (unpaired) electrons. The van der Waals surface area contributed by atoms with Gasteiger partial charge < -0.3 is 9.84 Å². The van der Waals surface area contributed by atoms with Crippen LogP contribution in [0, 0.1) is 0 Å². The second kappa shape index (κ2) is 6.64. The van der Waals surface area contributed by atoms with Gasteiger partial charge in [0, 0.05) is 6.54 Å². The van der Waals surface area contributed by atoms with Crippen molar-refractivity contribution < 1.29 is 31.8 Å². The molecule has 0 aromatic heterocycles. The van der Waals surface area contributed by atoms with Crippen LogP contribution in [-0.4, -0.2) is 51.4 Å². The zero-order valence-electron chi connectivity index (χ0n) is 7.65. The summed E-state index contributed by atoms with van der Waals surface area (Å²) in [5.41, 5.74) is 0. The van der Waals surface area contributed by atoms with Crippen LogP contribution in [0.2, 0.25) is 0 Å². The van der Waals surface area contributed by atoms with E-state index in [-0.39, 0.29) is 13.2 Å². The Hall–Kier alpha value is -0.800. The van der Waals surface area contributed by atoms with Gasteiger partial charge in [-0.25, -0.2) is 21.9 Å². The van der Waals surface area contributed by atoms with Crippen molar-refractivity contribution in [1.82, 2.24) is 4.72 Å². The predicted octanol–water partition coefficient (Wildman–Crippen LogP) is -0.728. The SMILES string of the molecule is O=C(O)CS(=O)(=O)NCCOCC(F)F. The number of hydrogen-bond donors (Lipinski definition) is 2. The van der Waals surface area contributed by atoms with Crippen molar-refractivity contribution in [2.45, 2.75) is 6.43 Å². The molecular weight excluding hydrogens is 236 g/mol. The summed E-state index contributed by atoms with van der Waals surface area (Å²) in [7, 11) is -3.90. The summed E-state index contributed by atoms with van der Waals surface area (Å²) in [4.78, 5) is 10.0. The lowest BCUT2D eigenvalue weighted by Gasteiger charge is -2.05. The number of nitrogens with one attached hydrogen (secondary N) is 1. The van der Waals surface area contributed by atoms with E-state index in [0.29, 0.717) is 0 Å². The van der Waals surface area contributed by atoms with Crippen LogP contribution in [0.15, 0.2) is 0 Å². The van der Waals surface area contributed by atoms with Crippen LogP contribution in [0.25, 0.3) is 0 Å². The number of hydrogen-bond acceptors (Lipinski definition) is 4. The van der Waals surface area contributed by atoms with Gasteiger partial charge >= 0.3 is 5.97 Å². The first-order valence-electron chi connectivity index (χ1n) is 3.88. The second-order valence-electron chi connectivity index (χ2n) is 2.51. The monoisotopic (exact) mass is 247 g/mol. The van der Waals surface area contributed by atoms with Gasteiger partial charge in [0.05, 0.1) is 6.61 Å². The van der Waals surface area contributed by atoms with Crippen LogP contribution in [-0.2, 0) is 19.6 Å². The molecule has 0 aliphatic carbocycles. The van der Waals surface area contributed by atoms with E-state index in [0.717, 1.165) is 0 Å². The summed E-state index contributed by atoms with van der Waals surface area (Å²) in [5, 5.41) is 8.17. The van der Waals surface area contributed by atoms with Gasteiger partial charge in [-0.1, -0.05) is 0 Å². The lowest BCUT2D eigenvalue weighted by molar-refractivity contribution is -0.134. The fraction of sp³-hybridized carbons (Fsp3) is 0.833. The summed E-state index contributed by atoms with van der Waals surface area (Å²) in [6.07, 6.45) is -2.61. The largest absolute Gasteiger partial charge is 0.480 e. The van der Waals surface area contributed by atoms with E-state index in [4.69, 9.17) is 5.11 Å². The minimum atomic E-state index is -3.90. The zero-order chi connectivity index (χ0) is 11.9. The van der Waals surface area contributed by atoms with E-state index in [1.165, 1.54) is 0 Å². The van der Waals surface area contributed by atoms with Crippen molar-refractivity contribution in [3.63, 3.8) is 0 Å². The van der Waals surface area contributed by atoms with Gasteiger partial charge in [-0.2, -0.15) is 0 Å². The predicted molar refractivity (Wildman–Crippen MR) is 46.2 cm³/mol. The minimum Gasteiger partial charge on any atom is -0.480 e. The summed E-state index contributed by atoms with van der Waals surface area (Å²) >= 11 is 0. The van der Waals surface area contributed by atoms with Crippen molar-refractivity contribution in [3.05, 3.63) is 0 Å². The molecule has 0 atom stereocenters. The second-order valence-corrected chi connectivity index (χ2v) is 4.32. The number of ether oxygens (including phenoxy) is 1. The minimum absolute atomic E-state index is 0.233. The van der Waals surface area contributed by atoms with E-state index in [1.807, 2.05) is 4.72 Å². The number of halogens is 2. The van der Waals surface area contributed by atoms with E-state index in [2.05, 4.69) is 4.74 Å². The van der Waals surface area contributed by atoms with Crippen molar-refractivity contribution in [2.75, 3.05) is 25.5 Å². The number of carbonyl (C=O) groups is 1. The average Bonchev–Trinajstić information content (AvgIpc) is 1.99. The highest BCUT2D eigenvalue weighted by Crippen LogP contribution is 1.91. The normalized spacial score (nSPS) is 11.9. The molecule has 0 aromatic carbocycles. The number of carboxylic acid groups (broad SMARTS) is 1. The summed E-state index contributed by atoms with van der Waals surface area (Å²) in [6.45, 7) is -1.24. The molecule has 0 amide bonds. The van der Waals surface area contributed by atoms with Crippen LogP contribution < -0.4 is 4.72 Å². The molecule has 0 bridgehead atoms. The number of aliphatic carboxylic acids is 1. The highest BCUT2D eigenvalue weighted by molar-refractivity contribution is 7.90. The van der Waals surface area contributed by atoms with Gasteiger partial charge in [-0.15, -0.1) is 0 Å². The Labute approximate surface area is 85.3 Å². The Morgan fingerprint density at radius 2 is 2.07 bits per heavy atom. The fourth-order valence-corrected chi connectivity index (χ4v) is 1.48. The summed E-state index contributed by atoms with van der Waals surface area (Å²) in [5.74, 6) is -2.54. The molecule has 0 rings (SSSR count). The first kappa shape index (κ1) is 14.2. The van der Waals surface area contributed by atoms with E-state index in [1.54, 1.807) is 0 Å². The van der Waals surface area contributed by atoms with Gasteiger partial charge in [-0.05, 0) is 0 Å². The van der Waals surface area contributed by atoms with Crippen LogP contribution in [0.4, 0.5) is 8.78 Å². The molecule has 0 aliphatic heterocycles. The molecule has 0 spiro atoms. The molecule has 0 heterocycles. The topological polar surface area (TPSA) is 92.7 Å². The maximum Gasteiger partial charge on any atom is 0.320 e. The molecule has 0 fully saturated rings. The number of rotatable bonds is 8. The molecule has 0 unspecified atom stereocenters. The smallest absolute Gasteiger partial charge is 0.320 e. The van der Waals surface area contributed by atoms with E-state index in [9.17, 15) is 22.0 Å². The molecule has 15 heavy (non-hydrogen) atoms.